The maximum Gasteiger partial charge on any atom is 0.227 e. The number of nitrogens with zero attached hydrogens (tertiary/aromatic N) is 5. The van der Waals surface area contributed by atoms with Crippen molar-refractivity contribution in [2.45, 2.75) is 6.54 Å². The zero-order valence-electron chi connectivity index (χ0n) is 15.6. The Labute approximate surface area is 168 Å². The number of nitriles is 1. The van der Waals surface area contributed by atoms with Gasteiger partial charge in [0.25, 0.3) is 0 Å². The van der Waals surface area contributed by atoms with Crippen molar-refractivity contribution in [2.24, 2.45) is 0 Å². The number of anilines is 2. The largest absolute Gasteiger partial charge is 0.492 e. The summed E-state index contributed by atoms with van der Waals surface area (Å²) in [6, 6.07) is 19.3. The molecule has 29 heavy (non-hydrogen) atoms. The SMILES string of the molecule is N#Cc1cnc(Nc2ccc(OCCn3ccnc3)cc2)nc1-c1ccccc1. The molecular weight excluding hydrogens is 364 g/mol. The summed E-state index contributed by atoms with van der Waals surface area (Å²) in [5.41, 5.74) is 2.74. The minimum atomic E-state index is 0.427. The van der Waals surface area contributed by atoms with Crippen molar-refractivity contribution < 1.29 is 4.74 Å². The first-order chi connectivity index (χ1) is 14.3. The summed E-state index contributed by atoms with van der Waals surface area (Å²) in [6.45, 7) is 1.30. The number of rotatable bonds is 7. The van der Waals surface area contributed by atoms with E-state index < -0.39 is 0 Å². The van der Waals surface area contributed by atoms with Gasteiger partial charge in [-0.2, -0.15) is 5.26 Å². The van der Waals surface area contributed by atoms with Crippen molar-refractivity contribution >= 4 is 11.6 Å². The molecule has 2 aromatic carbocycles. The molecule has 7 nitrogen and oxygen atoms in total. The molecule has 1 N–H and O–H groups in total. The Kier molecular flexibility index (Phi) is 5.44. The second kappa shape index (κ2) is 8.67. The Morgan fingerprint density at radius 3 is 2.62 bits per heavy atom. The van der Waals surface area contributed by atoms with Crippen molar-refractivity contribution in [3.63, 3.8) is 0 Å². The van der Waals surface area contributed by atoms with Gasteiger partial charge < -0.3 is 14.6 Å². The Morgan fingerprint density at radius 2 is 1.90 bits per heavy atom. The molecule has 0 atom stereocenters. The van der Waals surface area contributed by atoms with E-state index in [4.69, 9.17) is 4.74 Å². The maximum absolute atomic E-state index is 9.35. The summed E-state index contributed by atoms with van der Waals surface area (Å²) in [5.74, 6) is 1.21. The van der Waals surface area contributed by atoms with E-state index in [9.17, 15) is 5.26 Å². The van der Waals surface area contributed by atoms with Crippen LogP contribution in [-0.2, 0) is 6.54 Å². The zero-order chi connectivity index (χ0) is 19.9. The van der Waals surface area contributed by atoms with Gasteiger partial charge in [-0.05, 0) is 24.3 Å². The summed E-state index contributed by atoms with van der Waals surface area (Å²) in [6.07, 6.45) is 6.94. The molecule has 0 bridgehead atoms. The molecule has 4 rings (SSSR count). The van der Waals surface area contributed by atoms with Gasteiger partial charge in [-0.25, -0.2) is 15.0 Å². The molecule has 142 valence electrons. The maximum atomic E-state index is 9.35. The summed E-state index contributed by atoms with van der Waals surface area (Å²) in [4.78, 5) is 12.8. The summed E-state index contributed by atoms with van der Waals surface area (Å²) in [5, 5.41) is 12.5. The third kappa shape index (κ3) is 4.57. The average Bonchev–Trinajstić information content (AvgIpc) is 3.29. The van der Waals surface area contributed by atoms with Gasteiger partial charge in [-0.3, -0.25) is 0 Å². The monoisotopic (exact) mass is 382 g/mol. The third-order valence-electron chi connectivity index (χ3n) is 4.24. The van der Waals surface area contributed by atoms with Gasteiger partial charge in [0, 0.05) is 23.6 Å². The fraction of sp³-hybridized carbons (Fsp3) is 0.0909. The first kappa shape index (κ1) is 18.2. The molecule has 0 spiro atoms. The highest BCUT2D eigenvalue weighted by molar-refractivity contribution is 5.68. The fourth-order valence-corrected chi connectivity index (χ4v) is 2.79. The number of imidazole rings is 1. The van der Waals surface area contributed by atoms with Crippen LogP contribution in [0.1, 0.15) is 5.56 Å². The van der Waals surface area contributed by atoms with Crippen LogP contribution in [0.25, 0.3) is 11.3 Å². The van der Waals surface area contributed by atoms with Crippen LogP contribution in [0.4, 0.5) is 11.6 Å². The van der Waals surface area contributed by atoms with Crippen LogP contribution in [0.2, 0.25) is 0 Å². The van der Waals surface area contributed by atoms with E-state index in [1.165, 1.54) is 6.20 Å². The molecule has 0 unspecified atom stereocenters. The molecule has 0 saturated heterocycles. The van der Waals surface area contributed by atoms with E-state index in [0.717, 1.165) is 23.5 Å². The second-order valence-corrected chi connectivity index (χ2v) is 6.23. The molecule has 4 aromatic rings. The highest BCUT2D eigenvalue weighted by Crippen LogP contribution is 2.23. The standard InChI is InChI=1S/C22H18N6O/c23-14-18-15-25-22(27-21(18)17-4-2-1-3-5-17)26-19-6-8-20(9-7-19)29-13-12-28-11-10-24-16-28/h1-11,15-16H,12-13H2,(H,25,26,27). The Hall–Kier alpha value is -4.18. The lowest BCUT2D eigenvalue weighted by molar-refractivity contribution is 0.298. The lowest BCUT2D eigenvalue weighted by Gasteiger charge is -2.10. The van der Waals surface area contributed by atoms with Gasteiger partial charge in [-0.15, -0.1) is 0 Å². The highest BCUT2D eigenvalue weighted by atomic mass is 16.5. The van der Waals surface area contributed by atoms with Crippen LogP contribution in [0.15, 0.2) is 79.5 Å². The van der Waals surface area contributed by atoms with E-state index >= 15 is 0 Å². The molecule has 0 aliphatic rings. The lowest BCUT2D eigenvalue weighted by atomic mass is 10.1. The molecule has 0 fully saturated rings. The number of hydrogen-bond acceptors (Lipinski definition) is 6. The van der Waals surface area contributed by atoms with Gasteiger partial charge in [0.15, 0.2) is 0 Å². The van der Waals surface area contributed by atoms with Crippen LogP contribution < -0.4 is 10.1 Å². The number of nitrogens with one attached hydrogen (secondary N) is 1. The van der Waals surface area contributed by atoms with Crippen molar-refractivity contribution in [1.29, 1.82) is 5.26 Å². The number of aromatic nitrogens is 4. The van der Waals surface area contributed by atoms with Gasteiger partial charge >= 0.3 is 0 Å². The molecular formula is C22H18N6O. The molecule has 0 radical (unpaired) electrons. The summed E-state index contributed by atoms with van der Waals surface area (Å²) >= 11 is 0. The van der Waals surface area contributed by atoms with E-state index in [-0.39, 0.29) is 0 Å². The minimum absolute atomic E-state index is 0.427. The van der Waals surface area contributed by atoms with E-state index in [1.807, 2.05) is 65.4 Å². The molecule has 0 saturated carbocycles. The normalized spacial score (nSPS) is 10.3. The van der Waals surface area contributed by atoms with Crippen LogP contribution in [0.3, 0.4) is 0 Å². The van der Waals surface area contributed by atoms with Crippen molar-refractivity contribution in [1.82, 2.24) is 19.5 Å². The van der Waals surface area contributed by atoms with Crippen molar-refractivity contribution in [3.8, 4) is 23.1 Å². The average molecular weight is 382 g/mol. The van der Waals surface area contributed by atoms with Gasteiger partial charge in [0.05, 0.1) is 30.3 Å². The topological polar surface area (TPSA) is 88.6 Å². The second-order valence-electron chi connectivity index (χ2n) is 6.23. The van der Waals surface area contributed by atoms with Crippen molar-refractivity contribution in [3.05, 3.63) is 85.1 Å². The molecule has 2 aromatic heterocycles. The zero-order valence-corrected chi connectivity index (χ0v) is 15.6. The van der Waals surface area contributed by atoms with E-state index in [2.05, 4.69) is 26.3 Å². The molecule has 7 heteroatoms. The molecule has 0 aliphatic carbocycles. The van der Waals surface area contributed by atoms with Crippen LogP contribution in [-0.4, -0.2) is 26.1 Å². The van der Waals surface area contributed by atoms with Gasteiger partial charge in [-0.1, -0.05) is 30.3 Å². The highest BCUT2D eigenvalue weighted by Gasteiger charge is 2.09. The number of hydrogen-bond donors (Lipinski definition) is 1. The summed E-state index contributed by atoms with van der Waals surface area (Å²) in [7, 11) is 0. The fourth-order valence-electron chi connectivity index (χ4n) is 2.79. The molecule has 2 heterocycles. The number of ether oxygens (including phenoxy) is 1. The third-order valence-corrected chi connectivity index (χ3v) is 4.24. The number of benzene rings is 2. The molecule has 0 aliphatic heterocycles. The first-order valence-electron chi connectivity index (χ1n) is 9.10. The first-order valence-corrected chi connectivity index (χ1v) is 9.10. The minimum Gasteiger partial charge on any atom is -0.492 e. The smallest absolute Gasteiger partial charge is 0.227 e. The summed E-state index contributed by atoms with van der Waals surface area (Å²) < 4.78 is 7.71. The Balaban J connectivity index is 1.43. The van der Waals surface area contributed by atoms with Crippen LogP contribution in [0, 0.1) is 11.3 Å². The predicted octanol–water partition coefficient (Wildman–Crippen LogP) is 4.03. The Morgan fingerprint density at radius 1 is 1.07 bits per heavy atom. The van der Waals surface area contributed by atoms with Gasteiger partial charge in [0.2, 0.25) is 5.95 Å². The Bertz CT molecular complexity index is 1100. The van der Waals surface area contributed by atoms with Crippen LogP contribution >= 0.6 is 0 Å². The van der Waals surface area contributed by atoms with Crippen molar-refractivity contribution in [2.75, 3.05) is 11.9 Å². The predicted molar refractivity (Wildman–Crippen MR) is 110 cm³/mol. The van der Waals surface area contributed by atoms with E-state index in [1.54, 1.807) is 12.5 Å². The molecule has 0 amide bonds. The lowest BCUT2D eigenvalue weighted by Crippen LogP contribution is -2.06. The van der Waals surface area contributed by atoms with Crippen LogP contribution in [0.5, 0.6) is 5.75 Å². The van der Waals surface area contributed by atoms with E-state index in [0.29, 0.717) is 23.8 Å². The van der Waals surface area contributed by atoms with Gasteiger partial charge in [0.1, 0.15) is 18.4 Å². The quantitative estimate of drug-likeness (QED) is 0.519.